The van der Waals surface area contributed by atoms with E-state index < -0.39 is 0 Å². The number of ether oxygens (including phenoxy) is 1. The van der Waals surface area contributed by atoms with Crippen LogP contribution >= 0.6 is 0 Å². The van der Waals surface area contributed by atoms with E-state index in [0.717, 1.165) is 44.8 Å². The topological polar surface area (TPSA) is 59.4 Å². The molecule has 2 amide bonds. The van der Waals surface area contributed by atoms with Crippen LogP contribution < -0.4 is 10.1 Å². The zero-order valence-corrected chi connectivity index (χ0v) is 24.4. The van der Waals surface area contributed by atoms with E-state index in [0.29, 0.717) is 18.8 Å². The molecule has 1 heterocycles. The number of amides is 2. The van der Waals surface area contributed by atoms with Gasteiger partial charge in [0.1, 0.15) is 11.6 Å². The van der Waals surface area contributed by atoms with Gasteiger partial charge < -0.3 is 15.0 Å². The van der Waals surface area contributed by atoms with E-state index in [1.165, 1.54) is 17.7 Å². The predicted molar refractivity (Wildman–Crippen MR) is 165 cm³/mol. The minimum Gasteiger partial charge on any atom is -0.497 e. The molecule has 0 aliphatic rings. The molecule has 4 aromatic carbocycles. The molecule has 5 rings (SSSR count). The Bertz CT molecular complexity index is 1680. The molecular formula is C35H35FN4O2. The molecule has 0 radical (unpaired) electrons. The van der Waals surface area contributed by atoms with Crippen molar-refractivity contribution in [3.05, 3.63) is 136 Å². The van der Waals surface area contributed by atoms with Crippen molar-refractivity contribution in [2.75, 3.05) is 12.4 Å². The molecule has 42 heavy (non-hydrogen) atoms. The summed E-state index contributed by atoms with van der Waals surface area (Å²) in [5.41, 5.74) is 8.56. The van der Waals surface area contributed by atoms with Crippen LogP contribution in [-0.4, -0.2) is 27.8 Å². The smallest absolute Gasteiger partial charge is 0.322 e. The lowest BCUT2D eigenvalue weighted by molar-refractivity contribution is 0.206. The average molecular weight is 563 g/mol. The van der Waals surface area contributed by atoms with Gasteiger partial charge in [-0.15, -0.1) is 0 Å². The fraction of sp³-hybridized carbons (Fsp3) is 0.200. The SMILES string of the molecule is COc1cccc(CN(Cc2cn(Cc3ccc(C)cc3)nc2-c2ccc(F)cc2)C(=O)Nc2ccc(C)c(C)c2)c1. The summed E-state index contributed by atoms with van der Waals surface area (Å²) in [4.78, 5) is 15.6. The van der Waals surface area contributed by atoms with E-state index in [-0.39, 0.29) is 18.4 Å². The number of halogens is 1. The van der Waals surface area contributed by atoms with Crippen LogP contribution in [0.15, 0.2) is 97.2 Å². The van der Waals surface area contributed by atoms with Crippen molar-refractivity contribution < 1.29 is 13.9 Å². The molecule has 0 atom stereocenters. The Balaban J connectivity index is 1.50. The third kappa shape index (κ3) is 7.04. The van der Waals surface area contributed by atoms with Crippen molar-refractivity contribution in [1.29, 1.82) is 0 Å². The molecule has 7 heteroatoms. The van der Waals surface area contributed by atoms with E-state index in [9.17, 15) is 9.18 Å². The van der Waals surface area contributed by atoms with Gasteiger partial charge in [-0.25, -0.2) is 9.18 Å². The Labute approximate surface area is 246 Å². The lowest BCUT2D eigenvalue weighted by Gasteiger charge is -2.24. The number of nitrogens with zero attached hydrogens (tertiary/aromatic N) is 3. The molecule has 0 aliphatic carbocycles. The van der Waals surface area contributed by atoms with Gasteiger partial charge in [-0.3, -0.25) is 4.68 Å². The highest BCUT2D eigenvalue weighted by atomic mass is 19.1. The molecule has 0 fully saturated rings. The summed E-state index contributed by atoms with van der Waals surface area (Å²) < 4.78 is 21.1. The number of hydrogen-bond acceptors (Lipinski definition) is 3. The average Bonchev–Trinajstić information content (AvgIpc) is 3.38. The van der Waals surface area contributed by atoms with Crippen molar-refractivity contribution in [3.8, 4) is 17.0 Å². The molecule has 0 aliphatic heterocycles. The zero-order chi connectivity index (χ0) is 29.6. The van der Waals surface area contributed by atoms with Gasteiger partial charge in [0.25, 0.3) is 0 Å². The molecule has 5 aromatic rings. The standard InChI is InChI=1S/C35H35FN4O2/c1-24-8-11-27(12-9-24)21-40-23-30(34(38-40)29-13-15-31(36)16-14-29)22-39(20-28-6-5-7-33(19-28)42-4)35(41)37-32-17-10-25(2)26(3)18-32/h5-19,23H,20-22H2,1-4H3,(H,37,41). The van der Waals surface area contributed by atoms with Gasteiger partial charge in [0.05, 0.1) is 25.9 Å². The van der Waals surface area contributed by atoms with Crippen LogP contribution in [0.3, 0.4) is 0 Å². The number of aromatic nitrogens is 2. The summed E-state index contributed by atoms with van der Waals surface area (Å²) in [6, 6.07) is 28.0. The van der Waals surface area contributed by atoms with Gasteiger partial charge in [0.2, 0.25) is 0 Å². The minimum absolute atomic E-state index is 0.239. The number of anilines is 1. The normalized spacial score (nSPS) is 10.9. The van der Waals surface area contributed by atoms with Gasteiger partial charge >= 0.3 is 6.03 Å². The third-order valence-corrected chi connectivity index (χ3v) is 7.33. The van der Waals surface area contributed by atoms with E-state index in [1.54, 1.807) is 24.1 Å². The van der Waals surface area contributed by atoms with Gasteiger partial charge in [0.15, 0.2) is 0 Å². The molecule has 1 N–H and O–H groups in total. The first kappa shape index (κ1) is 28.6. The van der Waals surface area contributed by atoms with E-state index >= 15 is 0 Å². The lowest BCUT2D eigenvalue weighted by Crippen LogP contribution is -2.34. The van der Waals surface area contributed by atoms with Crippen LogP contribution in [0.2, 0.25) is 0 Å². The van der Waals surface area contributed by atoms with Crippen molar-refractivity contribution in [2.24, 2.45) is 0 Å². The van der Waals surface area contributed by atoms with Crippen LogP contribution in [0.5, 0.6) is 5.75 Å². The summed E-state index contributed by atoms with van der Waals surface area (Å²) in [5, 5.41) is 7.97. The molecule has 0 saturated carbocycles. The zero-order valence-electron chi connectivity index (χ0n) is 24.4. The molecule has 1 aromatic heterocycles. The summed E-state index contributed by atoms with van der Waals surface area (Å²) in [7, 11) is 1.63. The van der Waals surface area contributed by atoms with Crippen molar-refractivity contribution in [3.63, 3.8) is 0 Å². The van der Waals surface area contributed by atoms with E-state index in [2.05, 4.69) is 36.5 Å². The molecule has 6 nitrogen and oxygen atoms in total. The van der Waals surface area contributed by atoms with Crippen LogP contribution in [0.4, 0.5) is 14.9 Å². The van der Waals surface area contributed by atoms with Crippen molar-refractivity contribution >= 4 is 11.7 Å². The fourth-order valence-corrected chi connectivity index (χ4v) is 4.81. The fourth-order valence-electron chi connectivity index (χ4n) is 4.81. The Morgan fingerprint density at radius 3 is 2.36 bits per heavy atom. The second kappa shape index (κ2) is 12.7. The number of rotatable bonds is 9. The Morgan fingerprint density at radius 1 is 0.881 bits per heavy atom. The number of nitrogens with one attached hydrogen (secondary N) is 1. The molecule has 214 valence electrons. The van der Waals surface area contributed by atoms with Crippen LogP contribution in [-0.2, 0) is 19.6 Å². The van der Waals surface area contributed by atoms with E-state index in [1.807, 2.05) is 67.2 Å². The largest absolute Gasteiger partial charge is 0.497 e. The van der Waals surface area contributed by atoms with Crippen molar-refractivity contribution in [2.45, 2.75) is 40.4 Å². The third-order valence-electron chi connectivity index (χ3n) is 7.33. The first-order valence-electron chi connectivity index (χ1n) is 13.9. The maximum atomic E-state index is 13.8. The second-order valence-electron chi connectivity index (χ2n) is 10.6. The summed E-state index contributed by atoms with van der Waals surface area (Å²) in [6.45, 7) is 7.33. The van der Waals surface area contributed by atoms with Crippen LogP contribution in [0.25, 0.3) is 11.3 Å². The second-order valence-corrected chi connectivity index (χ2v) is 10.6. The number of hydrogen-bond donors (Lipinski definition) is 1. The van der Waals surface area contributed by atoms with Gasteiger partial charge in [0, 0.05) is 29.6 Å². The van der Waals surface area contributed by atoms with Crippen molar-refractivity contribution in [1.82, 2.24) is 14.7 Å². The highest BCUT2D eigenvalue weighted by molar-refractivity contribution is 5.89. The number of carbonyl (C=O) groups excluding carboxylic acids is 1. The number of carbonyl (C=O) groups is 1. The van der Waals surface area contributed by atoms with Gasteiger partial charge in [-0.05, 0) is 91.6 Å². The number of methoxy groups -OCH3 is 1. The number of urea groups is 1. The quantitative estimate of drug-likeness (QED) is 0.199. The lowest BCUT2D eigenvalue weighted by atomic mass is 10.1. The molecule has 0 saturated heterocycles. The number of benzene rings is 4. The first-order chi connectivity index (χ1) is 20.3. The molecular weight excluding hydrogens is 527 g/mol. The van der Waals surface area contributed by atoms with E-state index in [4.69, 9.17) is 9.84 Å². The summed E-state index contributed by atoms with van der Waals surface area (Å²) in [6.07, 6.45) is 1.97. The Hall–Kier alpha value is -4.91. The maximum absolute atomic E-state index is 13.8. The summed E-state index contributed by atoms with van der Waals surface area (Å²) in [5.74, 6) is 0.409. The van der Waals surface area contributed by atoms with Gasteiger partial charge in [-0.2, -0.15) is 5.10 Å². The highest BCUT2D eigenvalue weighted by Crippen LogP contribution is 2.26. The number of aryl methyl sites for hydroxylation is 3. The van der Waals surface area contributed by atoms with Gasteiger partial charge in [-0.1, -0.05) is 48.0 Å². The van der Waals surface area contributed by atoms with Crippen LogP contribution in [0.1, 0.15) is 33.4 Å². The molecule has 0 spiro atoms. The minimum atomic E-state index is -0.313. The Morgan fingerprint density at radius 2 is 1.64 bits per heavy atom. The molecule has 0 unspecified atom stereocenters. The molecule has 0 bridgehead atoms. The highest BCUT2D eigenvalue weighted by Gasteiger charge is 2.20. The monoisotopic (exact) mass is 562 g/mol. The Kier molecular flexibility index (Phi) is 8.67. The van der Waals surface area contributed by atoms with Crippen LogP contribution in [0, 0.1) is 26.6 Å². The first-order valence-corrected chi connectivity index (χ1v) is 13.9. The predicted octanol–water partition coefficient (Wildman–Crippen LogP) is 7.91. The maximum Gasteiger partial charge on any atom is 0.322 e. The summed E-state index contributed by atoms with van der Waals surface area (Å²) >= 11 is 0.